The highest BCUT2D eigenvalue weighted by Gasteiger charge is 2.25. The average molecular weight is 389 g/mol. The summed E-state index contributed by atoms with van der Waals surface area (Å²) in [5.41, 5.74) is 3.88. The lowest BCUT2D eigenvalue weighted by Gasteiger charge is -2.32. The van der Waals surface area contributed by atoms with Crippen LogP contribution in [0, 0.1) is 12.8 Å². The first kappa shape index (κ1) is 19.4. The summed E-state index contributed by atoms with van der Waals surface area (Å²) in [5, 5.41) is 0.848. The molecule has 3 aromatic rings. The SMILES string of the molecule is Cc1ccc(CCC2CCN(C(=O)c3cc(=O)n(C)c4ccccc34)CC2)cc1. The summed E-state index contributed by atoms with van der Waals surface area (Å²) in [6.07, 6.45) is 4.32. The highest BCUT2D eigenvalue weighted by molar-refractivity contribution is 6.06. The normalized spacial score (nSPS) is 15.0. The molecule has 2 heterocycles. The van der Waals surface area contributed by atoms with Gasteiger partial charge < -0.3 is 9.47 Å². The average Bonchev–Trinajstić information content (AvgIpc) is 2.76. The molecule has 1 amide bonds. The number of pyridine rings is 1. The Morgan fingerprint density at radius 3 is 2.45 bits per heavy atom. The van der Waals surface area contributed by atoms with Gasteiger partial charge >= 0.3 is 0 Å². The molecule has 0 radical (unpaired) electrons. The smallest absolute Gasteiger partial charge is 0.254 e. The van der Waals surface area contributed by atoms with E-state index in [0.29, 0.717) is 11.5 Å². The molecular formula is C25H28N2O2. The fourth-order valence-corrected chi connectivity index (χ4v) is 4.31. The molecule has 4 rings (SSSR count). The summed E-state index contributed by atoms with van der Waals surface area (Å²) in [4.78, 5) is 27.4. The summed E-state index contributed by atoms with van der Waals surface area (Å²) in [6, 6.07) is 17.9. The number of rotatable bonds is 4. The van der Waals surface area contributed by atoms with Crippen LogP contribution in [0.25, 0.3) is 10.9 Å². The van der Waals surface area contributed by atoms with Crippen LogP contribution in [0.3, 0.4) is 0 Å². The predicted molar refractivity (Wildman–Crippen MR) is 117 cm³/mol. The number of amides is 1. The summed E-state index contributed by atoms with van der Waals surface area (Å²) >= 11 is 0. The highest BCUT2D eigenvalue weighted by atomic mass is 16.2. The first-order chi connectivity index (χ1) is 14.0. The molecule has 150 valence electrons. The first-order valence-corrected chi connectivity index (χ1v) is 10.5. The highest BCUT2D eigenvalue weighted by Crippen LogP contribution is 2.25. The number of fused-ring (bicyclic) bond motifs is 1. The van der Waals surface area contributed by atoms with Crippen LogP contribution in [0.1, 0.15) is 40.7 Å². The van der Waals surface area contributed by atoms with Crippen LogP contribution in [-0.2, 0) is 13.5 Å². The van der Waals surface area contributed by atoms with Crippen molar-refractivity contribution in [2.75, 3.05) is 13.1 Å². The molecule has 0 saturated carbocycles. The zero-order chi connectivity index (χ0) is 20.4. The molecule has 4 nitrogen and oxygen atoms in total. The van der Waals surface area contributed by atoms with E-state index in [2.05, 4.69) is 31.2 Å². The van der Waals surface area contributed by atoms with E-state index >= 15 is 0 Å². The van der Waals surface area contributed by atoms with Crippen LogP contribution >= 0.6 is 0 Å². The maximum atomic E-state index is 13.2. The van der Waals surface area contributed by atoms with E-state index in [1.807, 2.05) is 29.2 Å². The Balaban J connectivity index is 1.42. The van der Waals surface area contributed by atoms with Gasteiger partial charge in [-0.15, -0.1) is 0 Å². The molecule has 0 bridgehead atoms. The minimum atomic E-state index is -0.139. The number of carbonyl (C=O) groups excluding carboxylic acids is 1. The number of aryl methyl sites for hydroxylation is 3. The van der Waals surface area contributed by atoms with Crippen molar-refractivity contribution in [3.05, 3.63) is 81.6 Å². The van der Waals surface area contributed by atoms with Crippen LogP contribution in [0.15, 0.2) is 59.4 Å². The zero-order valence-corrected chi connectivity index (χ0v) is 17.2. The summed E-state index contributed by atoms with van der Waals surface area (Å²) < 4.78 is 1.60. The Labute approximate surface area is 171 Å². The van der Waals surface area contributed by atoms with Crippen molar-refractivity contribution in [2.45, 2.75) is 32.6 Å². The molecule has 0 atom stereocenters. The Morgan fingerprint density at radius 1 is 1.03 bits per heavy atom. The second-order valence-corrected chi connectivity index (χ2v) is 8.23. The quantitative estimate of drug-likeness (QED) is 0.667. The van der Waals surface area contributed by atoms with E-state index in [1.165, 1.54) is 23.6 Å². The van der Waals surface area contributed by atoms with Gasteiger partial charge in [0.1, 0.15) is 0 Å². The molecule has 1 aliphatic rings. The number of para-hydroxylation sites is 1. The molecule has 1 fully saturated rings. The van der Waals surface area contributed by atoms with Gasteiger partial charge in [0.05, 0.1) is 11.1 Å². The first-order valence-electron chi connectivity index (χ1n) is 10.5. The van der Waals surface area contributed by atoms with Crippen molar-refractivity contribution < 1.29 is 4.79 Å². The van der Waals surface area contributed by atoms with Gasteiger partial charge in [0.15, 0.2) is 0 Å². The zero-order valence-electron chi connectivity index (χ0n) is 17.2. The second-order valence-electron chi connectivity index (χ2n) is 8.23. The molecule has 0 aliphatic carbocycles. The van der Waals surface area contributed by atoms with Gasteiger partial charge in [0, 0.05) is 31.6 Å². The van der Waals surface area contributed by atoms with Crippen LogP contribution in [0.2, 0.25) is 0 Å². The molecule has 1 aromatic heterocycles. The number of hydrogen-bond donors (Lipinski definition) is 0. The van der Waals surface area contributed by atoms with Crippen molar-refractivity contribution in [1.82, 2.24) is 9.47 Å². The molecule has 0 unspecified atom stereocenters. The standard InChI is InChI=1S/C25H28N2O2/c1-18-7-9-19(10-8-18)11-12-20-13-15-27(16-14-20)25(29)22-17-24(28)26(2)23-6-4-3-5-21(22)23/h3-10,17,20H,11-16H2,1-2H3. The van der Waals surface area contributed by atoms with Gasteiger partial charge in [-0.2, -0.15) is 0 Å². The van der Waals surface area contributed by atoms with E-state index < -0.39 is 0 Å². The van der Waals surface area contributed by atoms with E-state index in [0.717, 1.165) is 43.3 Å². The van der Waals surface area contributed by atoms with Gasteiger partial charge in [-0.3, -0.25) is 9.59 Å². The monoisotopic (exact) mass is 388 g/mol. The molecular weight excluding hydrogens is 360 g/mol. The van der Waals surface area contributed by atoms with Gasteiger partial charge in [0.25, 0.3) is 11.5 Å². The predicted octanol–water partition coefficient (Wildman–Crippen LogP) is 4.33. The minimum Gasteiger partial charge on any atom is -0.339 e. The molecule has 1 saturated heterocycles. The van der Waals surface area contributed by atoms with Gasteiger partial charge in [0.2, 0.25) is 0 Å². The number of likely N-dealkylation sites (tertiary alicyclic amines) is 1. The van der Waals surface area contributed by atoms with E-state index in [4.69, 9.17) is 0 Å². The van der Waals surface area contributed by atoms with Crippen molar-refractivity contribution in [1.29, 1.82) is 0 Å². The Kier molecular flexibility index (Phi) is 5.52. The lowest BCUT2D eigenvalue weighted by atomic mass is 9.90. The Bertz CT molecular complexity index is 1070. The molecule has 2 aromatic carbocycles. The molecule has 1 aliphatic heterocycles. The van der Waals surface area contributed by atoms with Gasteiger partial charge in [-0.1, -0.05) is 48.0 Å². The van der Waals surface area contributed by atoms with Gasteiger partial charge in [-0.05, 0) is 50.2 Å². The molecule has 29 heavy (non-hydrogen) atoms. The number of carbonyl (C=O) groups is 1. The lowest BCUT2D eigenvalue weighted by molar-refractivity contribution is 0.0688. The number of hydrogen-bond acceptors (Lipinski definition) is 2. The third-order valence-electron chi connectivity index (χ3n) is 6.25. The second kappa shape index (κ2) is 8.24. The number of piperidine rings is 1. The van der Waals surface area contributed by atoms with Crippen LogP contribution in [0.4, 0.5) is 0 Å². The van der Waals surface area contributed by atoms with Crippen molar-refractivity contribution in [2.24, 2.45) is 13.0 Å². The largest absolute Gasteiger partial charge is 0.339 e. The summed E-state index contributed by atoms with van der Waals surface area (Å²) in [6.45, 7) is 3.64. The maximum absolute atomic E-state index is 13.2. The van der Waals surface area contributed by atoms with Crippen LogP contribution in [0.5, 0.6) is 0 Å². The topological polar surface area (TPSA) is 42.3 Å². The van der Waals surface area contributed by atoms with Gasteiger partial charge in [-0.25, -0.2) is 0 Å². The molecule has 0 spiro atoms. The van der Waals surface area contributed by atoms with Crippen molar-refractivity contribution in [3.8, 4) is 0 Å². The number of nitrogens with zero attached hydrogens (tertiary/aromatic N) is 2. The third kappa shape index (κ3) is 4.12. The number of benzene rings is 2. The Hall–Kier alpha value is -2.88. The minimum absolute atomic E-state index is 0.0177. The fourth-order valence-electron chi connectivity index (χ4n) is 4.31. The number of aromatic nitrogens is 1. The fraction of sp³-hybridized carbons (Fsp3) is 0.360. The molecule has 0 N–H and O–H groups in total. The van der Waals surface area contributed by atoms with Crippen LogP contribution < -0.4 is 5.56 Å². The lowest BCUT2D eigenvalue weighted by Crippen LogP contribution is -2.39. The third-order valence-corrected chi connectivity index (χ3v) is 6.25. The van der Waals surface area contributed by atoms with E-state index in [9.17, 15) is 9.59 Å². The van der Waals surface area contributed by atoms with E-state index in [1.54, 1.807) is 11.6 Å². The Morgan fingerprint density at radius 2 is 1.72 bits per heavy atom. The molecule has 4 heteroatoms. The van der Waals surface area contributed by atoms with Crippen molar-refractivity contribution in [3.63, 3.8) is 0 Å². The summed E-state index contributed by atoms with van der Waals surface area (Å²) in [7, 11) is 1.75. The van der Waals surface area contributed by atoms with Crippen molar-refractivity contribution >= 4 is 16.8 Å². The maximum Gasteiger partial charge on any atom is 0.254 e. The van der Waals surface area contributed by atoms with E-state index in [-0.39, 0.29) is 11.5 Å². The summed E-state index contributed by atoms with van der Waals surface area (Å²) in [5.74, 6) is 0.636. The van der Waals surface area contributed by atoms with Crippen LogP contribution in [-0.4, -0.2) is 28.5 Å².